The summed E-state index contributed by atoms with van der Waals surface area (Å²) in [6, 6.07) is 11.3. The van der Waals surface area contributed by atoms with Gasteiger partial charge in [0.25, 0.3) is 5.56 Å². The van der Waals surface area contributed by atoms with Gasteiger partial charge in [0.15, 0.2) is 0 Å². The van der Waals surface area contributed by atoms with Crippen molar-refractivity contribution in [3.8, 4) is 0 Å². The van der Waals surface area contributed by atoms with Crippen LogP contribution in [-0.2, 0) is 6.42 Å². The number of rotatable bonds is 2. The molecule has 0 spiro atoms. The lowest BCUT2D eigenvalue weighted by atomic mass is 10.1. The van der Waals surface area contributed by atoms with Crippen molar-refractivity contribution in [2.45, 2.75) is 6.42 Å². The first kappa shape index (κ1) is 10.7. The molecule has 5 heteroatoms. The highest BCUT2D eigenvalue weighted by Crippen LogP contribution is 2.11. The smallest absolute Gasteiger partial charge is 0.257 e. The Morgan fingerprint density at radius 2 is 2.00 bits per heavy atom. The third kappa shape index (κ3) is 1.69. The number of aromatic amines is 1. The van der Waals surface area contributed by atoms with Crippen LogP contribution in [0.3, 0.4) is 0 Å². The zero-order chi connectivity index (χ0) is 12.5. The van der Waals surface area contributed by atoms with E-state index in [0.29, 0.717) is 17.0 Å². The Morgan fingerprint density at radius 3 is 2.83 bits per heavy atom. The summed E-state index contributed by atoms with van der Waals surface area (Å²) in [6.45, 7) is 0. The van der Waals surface area contributed by atoms with E-state index in [1.54, 1.807) is 30.3 Å². The molecule has 3 rings (SSSR count). The maximum Gasteiger partial charge on any atom is 0.257 e. The van der Waals surface area contributed by atoms with E-state index < -0.39 is 0 Å². The van der Waals surface area contributed by atoms with Gasteiger partial charge in [-0.2, -0.15) is 5.10 Å². The van der Waals surface area contributed by atoms with Crippen LogP contribution in [0.5, 0.6) is 0 Å². The Bertz CT molecular complexity index is 760. The van der Waals surface area contributed by atoms with Gasteiger partial charge >= 0.3 is 0 Å². The molecule has 0 saturated heterocycles. The average molecular weight is 243 g/mol. The molecule has 0 amide bonds. The summed E-state index contributed by atoms with van der Waals surface area (Å²) in [6.07, 6.45) is 0.274. The molecule has 0 radical (unpaired) electrons. The number of pyridine rings is 1. The lowest BCUT2D eigenvalue weighted by Crippen LogP contribution is -2.13. The molecule has 3 aromatic rings. The molecule has 0 aliphatic heterocycles. The number of nitrogens with zero attached hydrogens (tertiary/aromatic N) is 2. The highest BCUT2D eigenvalue weighted by molar-refractivity contribution is 5.38. The highest BCUT2D eigenvalue weighted by Gasteiger charge is 2.09. The SMILES string of the molecule is O=c1cccc2[nH]nc(Cc3ccccc3F)n12. The zero-order valence-corrected chi connectivity index (χ0v) is 9.43. The van der Waals surface area contributed by atoms with Crippen LogP contribution < -0.4 is 5.56 Å². The van der Waals surface area contributed by atoms with E-state index in [-0.39, 0.29) is 17.8 Å². The molecule has 0 aliphatic rings. The van der Waals surface area contributed by atoms with Gasteiger partial charge in [0.1, 0.15) is 17.3 Å². The summed E-state index contributed by atoms with van der Waals surface area (Å²) < 4.78 is 15.0. The number of H-pyrrole nitrogens is 1. The number of hydrogen-bond donors (Lipinski definition) is 1. The minimum atomic E-state index is -0.294. The van der Waals surface area contributed by atoms with E-state index in [2.05, 4.69) is 10.2 Å². The summed E-state index contributed by atoms with van der Waals surface area (Å²) in [7, 11) is 0. The summed E-state index contributed by atoms with van der Waals surface area (Å²) in [5.41, 5.74) is 0.947. The fourth-order valence-electron chi connectivity index (χ4n) is 1.95. The third-order valence-electron chi connectivity index (χ3n) is 2.82. The van der Waals surface area contributed by atoms with Gasteiger partial charge in [-0.05, 0) is 17.7 Å². The Kier molecular flexibility index (Phi) is 2.44. The van der Waals surface area contributed by atoms with Crippen molar-refractivity contribution in [1.82, 2.24) is 14.6 Å². The molecule has 0 saturated carbocycles. The van der Waals surface area contributed by atoms with Crippen molar-refractivity contribution in [2.75, 3.05) is 0 Å². The fourth-order valence-corrected chi connectivity index (χ4v) is 1.95. The topological polar surface area (TPSA) is 50.2 Å². The second kappa shape index (κ2) is 4.10. The number of benzene rings is 1. The predicted molar refractivity (Wildman–Crippen MR) is 65.0 cm³/mol. The average Bonchev–Trinajstić information content (AvgIpc) is 2.77. The summed E-state index contributed by atoms with van der Waals surface area (Å²) in [5.74, 6) is 0.207. The normalized spacial score (nSPS) is 10.9. The van der Waals surface area contributed by atoms with Crippen LogP contribution >= 0.6 is 0 Å². The minimum Gasteiger partial charge on any atom is -0.269 e. The Labute approximate surface area is 102 Å². The van der Waals surface area contributed by atoms with E-state index >= 15 is 0 Å². The molecule has 0 aliphatic carbocycles. The maximum absolute atomic E-state index is 13.6. The molecule has 0 bridgehead atoms. The van der Waals surface area contributed by atoms with E-state index in [1.165, 1.54) is 16.5 Å². The number of halogens is 1. The Morgan fingerprint density at radius 1 is 1.17 bits per heavy atom. The largest absolute Gasteiger partial charge is 0.269 e. The third-order valence-corrected chi connectivity index (χ3v) is 2.82. The van der Waals surface area contributed by atoms with E-state index in [1.807, 2.05) is 0 Å². The van der Waals surface area contributed by atoms with E-state index in [9.17, 15) is 9.18 Å². The van der Waals surface area contributed by atoms with Gasteiger partial charge in [-0.1, -0.05) is 24.3 Å². The number of fused-ring (bicyclic) bond motifs is 1. The molecular formula is C13H10FN3O. The molecule has 2 heterocycles. The second-order valence-electron chi connectivity index (χ2n) is 3.99. The molecule has 18 heavy (non-hydrogen) atoms. The first-order chi connectivity index (χ1) is 8.75. The second-order valence-corrected chi connectivity index (χ2v) is 3.99. The molecule has 1 aromatic carbocycles. The van der Waals surface area contributed by atoms with Gasteiger partial charge in [0, 0.05) is 12.5 Å². The molecule has 90 valence electrons. The molecular weight excluding hydrogens is 233 g/mol. The summed E-state index contributed by atoms with van der Waals surface area (Å²) >= 11 is 0. The van der Waals surface area contributed by atoms with Crippen LogP contribution in [0.4, 0.5) is 4.39 Å². The van der Waals surface area contributed by atoms with Crippen LogP contribution in [-0.4, -0.2) is 14.6 Å². The Hall–Kier alpha value is -2.43. The van der Waals surface area contributed by atoms with Gasteiger partial charge < -0.3 is 0 Å². The molecule has 2 aromatic heterocycles. The minimum absolute atomic E-state index is 0.174. The van der Waals surface area contributed by atoms with Gasteiger partial charge in [-0.3, -0.25) is 9.89 Å². The van der Waals surface area contributed by atoms with Crippen LogP contribution in [0.15, 0.2) is 47.3 Å². The van der Waals surface area contributed by atoms with Crippen molar-refractivity contribution in [2.24, 2.45) is 0 Å². The van der Waals surface area contributed by atoms with Crippen molar-refractivity contribution >= 4 is 5.65 Å². The van der Waals surface area contributed by atoms with Crippen molar-refractivity contribution in [1.29, 1.82) is 0 Å². The molecule has 4 nitrogen and oxygen atoms in total. The van der Waals surface area contributed by atoms with E-state index in [0.717, 1.165) is 0 Å². The maximum atomic E-state index is 13.6. The molecule has 0 unspecified atom stereocenters. The monoisotopic (exact) mass is 243 g/mol. The van der Waals surface area contributed by atoms with Gasteiger partial charge in [0.05, 0.1) is 0 Å². The van der Waals surface area contributed by atoms with Crippen LogP contribution in [0.25, 0.3) is 5.65 Å². The van der Waals surface area contributed by atoms with Crippen LogP contribution in [0.1, 0.15) is 11.4 Å². The first-order valence-corrected chi connectivity index (χ1v) is 5.54. The summed E-state index contributed by atoms with van der Waals surface area (Å²) in [4.78, 5) is 11.7. The van der Waals surface area contributed by atoms with Crippen LogP contribution in [0.2, 0.25) is 0 Å². The first-order valence-electron chi connectivity index (χ1n) is 5.54. The van der Waals surface area contributed by atoms with Gasteiger partial charge in [-0.25, -0.2) is 8.79 Å². The fraction of sp³-hybridized carbons (Fsp3) is 0.0769. The summed E-state index contributed by atoms with van der Waals surface area (Å²) in [5, 5.41) is 6.82. The molecule has 1 N–H and O–H groups in total. The predicted octanol–water partition coefficient (Wildman–Crippen LogP) is 1.75. The van der Waals surface area contributed by atoms with Crippen molar-refractivity contribution < 1.29 is 4.39 Å². The number of hydrogen-bond acceptors (Lipinski definition) is 2. The Balaban J connectivity index is 2.11. The number of nitrogens with one attached hydrogen (secondary N) is 1. The lowest BCUT2D eigenvalue weighted by Gasteiger charge is -2.01. The lowest BCUT2D eigenvalue weighted by molar-refractivity contribution is 0.611. The van der Waals surface area contributed by atoms with Crippen molar-refractivity contribution in [3.63, 3.8) is 0 Å². The number of aromatic nitrogens is 3. The van der Waals surface area contributed by atoms with Gasteiger partial charge in [-0.15, -0.1) is 0 Å². The van der Waals surface area contributed by atoms with E-state index in [4.69, 9.17) is 0 Å². The molecule has 0 fully saturated rings. The quantitative estimate of drug-likeness (QED) is 0.745. The zero-order valence-electron chi connectivity index (χ0n) is 9.43. The van der Waals surface area contributed by atoms with Crippen LogP contribution in [0, 0.1) is 5.82 Å². The molecule has 0 atom stereocenters. The van der Waals surface area contributed by atoms with Crippen molar-refractivity contribution in [3.05, 3.63) is 70.0 Å². The van der Waals surface area contributed by atoms with Gasteiger partial charge in [0.2, 0.25) is 0 Å². The highest BCUT2D eigenvalue weighted by atomic mass is 19.1. The standard InChI is InChI=1S/C13H10FN3O/c14-10-5-2-1-4-9(10)8-12-16-15-11-6-3-7-13(18)17(11)12/h1-7,15H,8H2.